The molecule has 0 amide bonds. The lowest BCUT2D eigenvalue weighted by Gasteiger charge is -2.17. The number of rotatable bonds is 7. The van der Waals surface area contributed by atoms with E-state index < -0.39 is 6.10 Å². The Kier molecular flexibility index (Phi) is 4.66. The summed E-state index contributed by atoms with van der Waals surface area (Å²) in [6.45, 7) is 3.89. The van der Waals surface area contributed by atoms with Crippen LogP contribution in [0.25, 0.3) is 0 Å². The zero-order valence-electron chi connectivity index (χ0n) is 11.0. The average molecular weight is 268 g/mol. The lowest BCUT2D eigenvalue weighted by molar-refractivity contribution is 0.171. The Morgan fingerprint density at radius 2 is 2.00 bits per heavy atom. The van der Waals surface area contributed by atoms with Crippen LogP contribution in [-0.2, 0) is 0 Å². The van der Waals surface area contributed by atoms with Gasteiger partial charge in [0.1, 0.15) is 0 Å². The van der Waals surface area contributed by atoms with Crippen molar-refractivity contribution in [1.29, 1.82) is 0 Å². The molecule has 1 aromatic carbocycles. The van der Waals surface area contributed by atoms with Crippen LogP contribution < -0.4 is 5.32 Å². The largest absolute Gasteiger partial charge is 0.387 e. The second-order valence-electron chi connectivity index (χ2n) is 5.45. The molecule has 0 spiro atoms. The highest BCUT2D eigenvalue weighted by molar-refractivity contribution is 6.30. The van der Waals surface area contributed by atoms with Crippen LogP contribution in [0.5, 0.6) is 0 Å². The van der Waals surface area contributed by atoms with Crippen LogP contribution in [0.3, 0.4) is 0 Å². The highest BCUT2D eigenvalue weighted by Gasteiger charge is 2.40. The molecule has 18 heavy (non-hydrogen) atoms. The minimum absolute atomic E-state index is 0.445. The predicted molar refractivity (Wildman–Crippen MR) is 75.9 cm³/mol. The van der Waals surface area contributed by atoms with Crippen molar-refractivity contribution >= 4 is 11.6 Å². The van der Waals surface area contributed by atoms with Crippen molar-refractivity contribution in [2.24, 2.45) is 5.41 Å². The van der Waals surface area contributed by atoms with Crippen molar-refractivity contribution in [2.75, 3.05) is 13.1 Å². The Balaban J connectivity index is 1.75. The van der Waals surface area contributed by atoms with E-state index >= 15 is 0 Å². The van der Waals surface area contributed by atoms with Crippen molar-refractivity contribution in [3.63, 3.8) is 0 Å². The fraction of sp³-hybridized carbons (Fsp3) is 0.600. The van der Waals surface area contributed by atoms with Gasteiger partial charge in [-0.25, -0.2) is 0 Å². The maximum atomic E-state index is 10.1. The lowest BCUT2D eigenvalue weighted by Crippen LogP contribution is -2.28. The van der Waals surface area contributed by atoms with E-state index in [1.54, 1.807) is 0 Å². The van der Waals surface area contributed by atoms with Gasteiger partial charge in [0.05, 0.1) is 6.10 Å². The molecule has 1 atom stereocenters. The van der Waals surface area contributed by atoms with Crippen LogP contribution in [0.4, 0.5) is 0 Å². The maximum absolute atomic E-state index is 10.1. The van der Waals surface area contributed by atoms with E-state index in [0.29, 0.717) is 17.0 Å². The molecule has 3 heteroatoms. The van der Waals surface area contributed by atoms with Gasteiger partial charge in [-0.1, -0.05) is 37.1 Å². The molecule has 2 N–H and O–H groups in total. The third-order valence-corrected chi connectivity index (χ3v) is 4.08. The summed E-state index contributed by atoms with van der Waals surface area (Å²) in [5, 5.41) is 14.2. The zero-order valence-corrected chi connectivity index (χ0v) is 11.7. The van der Waals surface area contributed by atoms with Crippen LogP contribution in [0.1, 0.15) is 44.3 Å². The minimum atomic E-state index is -0.445. The normalized spacial score (nSPS) is 18.6. The monoisotopic (exact) mass is 267 g/mol. The van der Waals surface area contributed by atoms with Gasteiger partial charge >= 0.3 is 0 Å². The van der Waals surface area contributed by atoms with Crippen LogP contribution >= 0.6 is 11.6 Å². The predicted octanol–water partition coefficient (Wildman–Crippen LogP) is 3.54. The minimum Gasteiger partial charge on any atom is -0.387 e. The third kappa shape index (κ3) is 3.71. The van der Waals surface area contributed by atoms with Gasteiger partial charge in [0, 0.05) is 18.1 Å². The van der Waals surface area contributed by atoms with Crippen LogP contribution in [-0.4, -0.2) is 18.2 Å². The molecular weight excluding hydrogens is 246 g/mol. The number of hydrogen-bond donors (Lipinski definition) is 2. The van der Waals surface area contributed by atoms with E-state index in [9.17, 15) is 5.11 Å². The summed E-state index contributed by atoms with van der Waals surface area (Å²) in [6.07, 6.45) is 4.79. The fourth-order valence-corrected chi connectivity index (χ4v) is 2.63. The molecule has 1 saturated carbocycles. The van der Waals surface area contributed by atoms with E-state index in [4.69, 9.17) is 11.6 Å². The molecule has 0 aliphatic heterocycles. The van der Waals surface area contributed by atoms with Gasteiger partial charge < -0.3 is 10.4 Å². The van der Waals surface area contributed by atoms with E-state index in [1.807, 2.05) is 24.3 Å². The summed E-state index contributed by atoms with van der Waals surface area (Å²) in [5.74, 6) is 0. The number of nitrogens with one attached hydrogen (secondary N) is 1. The van der Waals surface area contributed by atoms with Crippen molar-refractivity contribution in [3.05, 3.63) is 34.9 Å². The summed E-state index contributed by atoms with van der Waals surface area (Å²) in [5.41, 5.74) is 1.46. The SMILES string of the molecule is CCCC1(CNCC(O)c2ccc(Cl)cc2)CC1. The first-order valence-corrected chi connectivity index (χ1v) is 7.17. The first kappa shape index (κ1) is 13.9. The topological polar surface area (TPSA) is 32.3 Å². The lowest BCUT2D eigenvalue weighted by atomic mass is 10.0. The third-order valence-electron chi connectivity index (χ3n) is 3.83. The maximum Gasteiger partial charge on any atom is 0.0914 e. The number of aliphatic hydroxyl groups excluding tert-OH is 1. The van der Waals surface area contributed by atoms with Gasteiger partial charge in [0.15, 0.2) is 0 Å². The Morgan fingerprint density at radius 1 is 1.33 bits per heavy atom. The molecule has 1 aromatic rings. The molecule has 1 unspecified atom stereocenters. The van der Waals surface area contributed by atoms with Crippen molar-refractivity contribution in [2.45, 2.75) is 38.7 Å². The van der Waals surface area contributed by atoms with Crippen molar-refractivity contribution in [1.82, 2.24) is 5.32 Å². The molecule has 1 aliphatic carbocycles. The molecule has 0 bridgehead atoms. The smallest absolute Gasteiger partial charge is 0.0914 e. The van der Waals surface area contributed by atoms with E-state index in [-0.39, 0.29) is 0 Å². The standard InChI is InChI=1S/C15H22ClNO/c1-2-7-15(8-9-15)11-17-10-14(18)12-3-5-13(16)6-4-12/h3-6,14,17-18H,2,7-11H2,1H3. The summed E-state index contributed by atoms with van der Waals surface area (Å²) >= 11 is 5.83. The average Bonchev–Trinajstić information content (AvgIpc) is 3.10. The number of hydrogen-bond acceptors (Lipinski definition) is 2. The fourth-order valence-electron chi connectivity index (χ4n) is 2.50. The van der Waals surface area contributed by atoms with Gasteiger partial charge in [0.2, 0.25) is 0 Å². The Bertz CT molecular complexity index is 373. The Hall–Kier alpha value is -0.570. The van der Waals surface area contributed by atoms with Crippen LogP contribution in [0.2, 0.25) is 5.02 Å². The summed E-state index contributed by atoms with van der Waals surface area (Å²) in [6, 6.07) is 7.40. The first-order valence-electron chi connectivity index (χ1n) is 6.79. The molecule has 0 aromatic heterocycles. The van der Waals surface area contributed by atoms with E-state index in [0.717, 1.165) is 12.1 Å². The quantitative estimate of drug-likeness (QED) is 0.792. The summed E-state index contributed by atoms with van der Waals surface area (Å²) in [4.78, 5) is 0. The second kappa shape index (κ2) is 6.05. The molecule has 0 radical (unpaired) electrons. The van der Waals surface area contributed by atoms with Crippen LogP contribution in [0, 0.1) is 5.41 Å². The highest BCUT2D eigenvalue weighted by atomic mass is 35.5. The Labute approximate surface area is 114 Å². The van der Waals surface area contributed by atoms with Crippen molar-refractivity contribution < 1.29 is 5.11 Å². The van der Waals surface area contributed by atoms with Crippen LogP contribution in [0.15, 0.2) is 24.3 Å². The second-order valence-corrected chi connectivity index (χ2v) is 5.88. The molecule has 2 nitrogen and oxygen atoms in total. The molecule has 100 valence electrons. The van der Waals surface area contributed by atoms with Gasteiger partial charge in [-0.15, -0.1) is 0 Å². The van der Waals surface area contributed by atoms with Crippen molar-refractivity contribution in [3.8, 4) is 0 Å². The van der Waals surface area contributed by atoms with E-state index in [1.165, 1.54) is 25.7 Å². The molecule has 0 saturated heterocycles. The molecule has 1 aliphatic rings. The summed E-state index contributed by atoms with van der Waals surface area (Å²) < 4.78 is 0. The Morgan fingerprint density at radius 3 is 2.56 bits per heavy atom. The van der Waals surface area contributed by atoms with Gasteiger partial charge in [-0.05, 0) is 42.4 Å². The molecule has 2 rings (SSSR count). The highest BCUT2D eigenvalue weighted by Crippen LogP contribution is 2.48. The van der Waals surface area contributed by atoms with E-state index in [2.05, 4.69) is 12.2 Å². The molecule has 1 fully saturated rings. The molecule has 0 heterocycles. The zero-order chi connectivity index (χ0) is 13.0. The summed E-state index contributed by atoms with van der Waals surface area (Å²) in [7, 11) is 0. The number of benzene rings is 1. The number of aliphatic hydroxyl groups is 1. The first-order chi connectivity index (χ1) is 8.65. The number of halogens is 1. The van der Waals surface area contributed by atoms with Gasteiger partial charge in [-0.3, -0.25) is 0 Å². The van der Waals surface area contributed by atoms with Gasteiger partial charge in [0.25, 0.3) is 0 Å². The molecular formula is C15H22ClNO. The van der Waals surface area contributed by atoms with Gasteiger partial charge in [-0.2, -0.15) is 0 Å².